The van der Waals surface area contributed by atoms with Crippen molar-refractivity contribution in [3.63, 3.8) is 0 Å². The SMILES string of the molecule is C[C@H](OC(=O)C1(c2ccccc2)CCCC1)C(=O)Nc1cccc(S(=O)(=O)N2CCOCC2)c1. The lowest BCUT2D eigenvalue weighted by atomic mass is 9.79. The summed E-state index contributed by atoms with van der Waals surface area (Å²) in [6.07, 6.45) is 2.19. The van der Waals surface area contributed by atoms with Gasteiger partial charge < -0.3 is 14.8 Å². The number of anilines is 1. The van der Waals surface area contributed by atoms with Gasteiger partial charge in [-0.3, -0.25) is 9.59 Å². The first kappa shape index (κ1) is 24.4. The highest BCUT2D eigenvalue weighted by Crippen LogP contribution is 2.42. The van der Waals surface area contributed by atoms with Crippen LogP contribution in [0.15, 0.2) is 59.5 Å². The zero-order chi connectivity index (χ0) is 24.2. The van der Waals surface area contributed by atoms with E-state index in [4.69, 9.17) is 9.47 Å². The van der Waals surface area contributed by atoms with E-state index in [0.29, 0.717) is 31.7 Å². The largest absolute Gasteiger partial charge is 0.452 e. The molecule has 8 nitrogen and oxygen atoms in total. The molecule has 182 valence electrons. The van der Waals surface area contributed by atoms with E-state index in [1.54, 1.807) is 12.1 Å². The molecule has 1 heterocycles. The average Bonchev–Trinajstić information content (AvgIpc) is 3.37. The molecule has 2 fully saturated rings. The third kappa shape index (κ3) is 5.01. The molecule has 2 aromatic rings. The smallest absolute Gasteiger partial charge is 0.317 e. The number of amides is 1. The molecule has 0 unspecified atom stereocenters. The molecule has 4 rings (SSSR count). The Balaban J connectivity index is 1.44. The molecule has 0 bridgehead atoms. The number of carbonyl (C=O) groups is 2. The summed E-state index contributed by atoms with van der Waals surface area (Å²) < 4.78 is 38.0. The fraction of sp³-hybridized carbons (Fsp3) is 0.440. The van der Waals surface area contributed by atoms with E-state index in [2.05, 4.69) is 5.32 Å². The second kappa shape index (κ2) is 10.2. The Morgan fingerprint density at radius 1 is 1.03 bits per heavy atom. The topological polar surface area (TPSA) is 102 Å². The molecular formula is C25H30N2O6S. The highest BCUT2D eigenvalue weighted by molar-refractivity contribution is 7.89. The third-order valence-corrected chi connectivity index (χ3v) is 8.43. The Hall–Kier alpha value is -2.75. The first-order valence-corrected chi connectivity index (χ1v) is 13.0. The average molecular weight is 487 g/mol. The van der Waals surface area contributed by atoms with Crippen molar-refractivity contribution in [2.24, 2.45) is 0 Å². The molecule has 9 heteroatoms. The fourth-order valence-corrected chi connectivity index (χ4v) is 6.04. The summed E-state index contributed by atoms with van der Waals surface area (Å²) >= 11 is 0. The second-order valence-corrected chi connectivity index (χ2v) is 10.7. The van der Waals surface area contributed by atoms with Crippen LogP contribution in [-0.2, 0) is 34.5 Å². The van der Waals surface area contributed by atoms with Gasteiger partial charge in [-0.2, -0.15) is 4.31 Å². The van der Waals surface area contributed by atoms with Crippen molar-refractivity contribution in [1.29, 1.82) is 0 Å². The van der Waals surface area contributed by atoms with Gasteiger partial charge in [-0.1, -0.05) is 49.2 Å². The lowest BCUT2D eigenvalue weighted by Crippen LogP contribution is -2.40. The molecule has 1 amide bonds. The normalized spacial score (nSPS) is 19.3. The zero-order valence-corrected chi connectivity index (χ0v) is 20.1. The van der Waals surface area contributed by atoms with Crippen molar-refractivity contribution >= 4 is 27.6 Å². The van der Waals surface area contributed by atoms with Crippen LogP contribution in [0.25, 0.3) is 0 Å². The lowest BCUT2D eigenvalue weighted by Gasteiger charge is -2.28. The van der Waals surface area contributed by atoms with Gasteiger partial charge in [0.15, 0.2) is 6.10 Å². The van der Waals surface area contributed by atoms with Crippen LogP contribution in [0.4, 0.5) is 5.69 Å². The van der Waals surface area contributed by atoms with Gasteiger partial charge in [-0.25, -0.2) is 8.42 Å². The summed E-state index contributed by atoms with van der Waals surface area (Å²) in [5.74, 6) is -0.919. The van der Waals surface area contributed by atoms with Crippen LogP contribution in [0.3, 0.4) is 0 Å². The quantitative estimate of drug-likeness (QED) is 0.604. The Morgan fingerprint density at radius 2 is 1.71 bits per heavy atom. The molecule has 34 heavy (non-hydrogen) atoms. The fourth-order valence-electron chi connectivity index (χ4n) is 4.59. The maximum absolute atomic E-state index is 13.2. The number of esters is 1. The van der Waals surface area contributed by atoms with E-state index < -0.39 is 33.4 Å². The van der Waals surface area contributed by atoms with Crippen molar-refractivity contribution in [2.75, 3.05) is 31.6 Å². The number of hydrogen-bond acceptors (Lipinski definition) is 6. The van der Waals surface area contributed by atoms with Crippen molar-refractivity contribution in [3.8, 4) is 0 Å². The summed E-state index contributed by atoms with van der Waals surface area (Å²) in [6.45, 7) is 2.80. The molecular weight excluding hydrogens is 456 g/mol. The Morgan fingerprint density at radius 3 is 2.38 bits per heavy atom. The predicted molar refractivity (Wildman–Crippen MR) is 127 cm³/mol. The monoisotopic (exact) mass is 486 g/mol. The van der Waals surface area contributed by atoms with E-state index >= 15 is 0 Å². The summed E-state index contributed by atoms with van der Waals surface area (Å²) in [6, 6.07) is 15.6. The number of rotatable bonds is 7. The highest BCUT2D eigenvalue weighted by atomic mass is 32.2. The Bertz CT molecular complexity index is 1120. The molecule has 1 aliphatic carbocycles. The zero-order valence-electron chi connectivity index (χ0n) is 19.2. The summed E-state index contributed by atoms with van der Waals surface area (Å²) in [4.78, 5) is 26.1. The molecule has 1 saturated heterocycles. The summed E-state index contributed by atoms with van der Waals surface area (Å²) in [7, 11) is -3.69. The molecule has 0 aromatic heterocycles. The molecule has 1 N–H and O–H groups in total. The number of sulfonamides is 1. The molecule has 1 aliphatic heterocycles. The molecule has 1 atom stereocenters. The number of ether oxygens (including phenoxy) is 2. The highest BCUT2D eigenvalue weighted by Gasteiger charge is 2.45. The van der Waals surface area contributed by atoms with Gasteiger partial charge >= 0.3 is 5.97 Å². The van der Waals surface area contributed by atoms with Crippen LogP contribution in [0.5, 0.6) is 0 Å². The number of carbonyl (C=O) groups excluding carboxylic acids is 2. The minimum atomic E-state index is -3.69. The maximum atomic E-state index is 13.2. The van der Waals surface area contributed by atoms with Gasteiger partial charge in [0.05, 0.1) is 23.5 Å². The minimum absolute atomic E-state index is 0.0887. The first-order chi connectivity index (χ1) is 16.3. The van der Waals surface area contributed by atoms with Gasteiger partial charge in [0, 0.05) is 18.8 Å². The van der Waals surface area contributed by atoms with Crippen molar-refractivity contribution in [2.45, 2.75) is 49.0 Å². The van der Waals surface area contributed by atoms with E-state index in [0.717, 1.165) is 18.4 Å². The molecule has 0 spiro atoms. The summed E-state index contributed by atoms with van der Waals surface area (Å²) in [5, 5.41) is 2.68. The Labute approximate surface area is 200 Å². The van der Waals surface area contributed by atoms with Gasteiger partial charge in [-0.15, -0.1) is 0 Å². The number of nitrogens with one attached hydrogen (secondary N) is 1. The first-order valence-electron chi connectivity index (χ1n) is 11.6. The molecule has 2 aliphatic rings. The summed E-state index contributed by atoms with van der Waals surface area (Å²) in [5.41, 5.74) is 0.495. The standard InChI is InChI=1S/C25H30N2O6S/c1-19(33-24(29)25(12-5-6-13-25)20-8-3-2-4-9-20)23(28)26-21-10-7-11-22(18-21)34(30,31)27-14-16-32-17-15-27/h2-4,7-11,18-19H,5-6,12-17H2,1H3,(H,26,28)/t19-/m0/s1. The number of morpholine rings is 1. The van der Waals surface area contributed by atoms with Crippen LogP contribution in [0, 0.1) is 0 Å². The lowest BCUT2D eigenvalue weighted by molar-refractivity contribution is -0.159. The van der Waals surface area contributed by atoms with Gasteiger partial charge in [0.25, 0.3) is 5.91 Å². The van der Waals surface area contributed by atoms with Crippen molar-refractivity contribution in [3.05, 3.63) is 60.2 Å². The molecule has 0 radical (unpaired) electrons. The van der Waals surface area contributed by atoms with Crippen LogP contribution >= 0.6 is 0 Å². The number of nitrogens with zero attached hydrogens (tertiary/aromatic N) is 1. The van der Waals surface area contributed by atoms with E-state index in [-0.39, 0.29) is 18.0 Å². The third-order valence-electron chi connectivity index (χ3n) is 6.54. The van der Waals surface area contributed by atoms with Crippen LogP contribution in [0.1, 0.15) is 38.2 Å². The van der Waals surface area contributed by atoms with E-state index in [1.165, 1.54) is 23.4 Å². The van der Waals surface area contributed by atoms with Gasteiger partial charge in [-0.05, 0) is 43.5 Å². The molecule has 2 aromatic carbocycles. The molecule has 1 saturated carbocycles. The van der Waals surface area contributed by atoms with Crippen LogP contribution < -0.4 is 5.32 Å². The van der Waals surface area contributed by atoms with Crippen molar-refractivity contribution in [1.82, 2.24) is 4.31 Å². The van der Waals surface area contributed by atoms with Gasteiger partial charge in [0.1, 0.15) is 0 Å². The maximum Gasteiger partial charge on any atom is 0.317 e. The Kier molecular flexibility index (Phi) is 7.35. The van der Waals surface area contributed by atoms with Gasteiger partial charge in [0.2, 0.25) is 10.0 Å². The van der Waals surface area contributed by atoms with Crippen molar-refractivity contribution < 1.29 is 27.5 Å². The minimum Gasteiger partial charge on any atom is -0.452 e. The predicted octanol–water partition coefficient (Wildman–Crippen LogP) is 3.09. The number of benzene rings is 2. The van der Waals surface area contributed by atoms with Crippen LogP contribution in [-0.4, -0.2) is 57.0 Å². The number of hydrogen-bond donors (Lipinski definition) is 1. The van der Waals surface area contributed by atoms with E-state index in [9.17, 15) is 18.0 Å². The van der Waals surface area contributed by atoms with Crippen LogP contribution in [0.2, 0.25) is 0 Å². The van der Waals surface area contributed by atoms with E-state index in [1.807, 2.05) is 30.3 Å². The second-order valence-electron chi connectivity index (χ2n) is 8.74.